The maximum Gasteiger partial charge on any atom is 0.287 e. The van der Waals surface area contributed by atoms with Crippen LogP contribution in [0.2, 0.25) is 0 Å². The van der Waals surface area contributed by atoms with E-state index < -0.39 is 4.92 Å². The van der Waals surface area contributed by atoms with E-state index >= 15 is 0 Å². The Morgan fingerprint density at radius 2 is 2.18 bits per heavy atom. The van der Waals surface area contributed by atoms with Gasteiger partial charge in [0.25, 0.3) is 5.69 Å². The van der Waals surface area contributed by atoms with Gasteiger partial charge in [-0.25, -0.2) is 0 Å². The lowest BCUT2D eigenvalue weighted by molar-refractivity contribution is -0.385. The summed E-state index contributed by atoms with van der Waals surface area (Å²) < 4.78 is 0. The molecule has 4 nitrogen and oxygen atoms in total. The van der Waals surface area contributed by atoms with Crippen molar-refractivity contribution in [1.29, 1.82) is 0 Å². The minimum absolute atomic E-state index is 0.0255. The first-order valence-electron chi connectivity index (χ1n) is 2.85. The summed E-state index contributed by atoms with van der Waals surface area (Å²) in [5.41, 5.74) is 0.0255. The van der Waals surface area contributed by atoms with Crippen molar-refractivity contribution < 1.29 is 4.92 Å². The molecule has 11 heavy (non-hydrogen) atoms. The molecule has 0 aliphatic carbocycles. The fourth-order valence-electron chi connectivity index (χ4n) is 0.462. The van der Waals surface area contributed by atoms with E-state index in [0.717, 1.165) is 0 Å². The largest absolute Gasteiger partial charge is 0.287 e. The Morgan fingerprint density at radius 3 is 2.45 bits per heavy atom. The van der Waals surface area contributed by atoms with Crippen LogP contribution < -0.4 is 0 Å². The predicted octanol–water partition coefficient (Wildman–Crippen LogP) is 1.79. The SMILES string of the molecule is C=C.O=[N+]([O-])c1cccnc1. The van der Waals surface area contributed by atoms with E-state index in [1.165, 1.54) is 24.5 Å². The lowest BCUT2D eigenvalue weighted by Crippen LogP contribution is -1.86. The van der Waals surface area contributed by atoms with Crippen LogP contribution in [-0.2, 0) is 0 Å². The number of rotatable bonds is 1. The monoisotopic (exact) mass is 152 g/mol. The maximum absolute atomic E-state index is 9.97. The molecule has 0 amide bonds. The van der Waals surface area contributed by atoms with Gasteiger partial charge in [0.1, 0.15) is 6.20 Å². The zero-order valence-corrected chi connectivity index (χ0v) is 5.93. The minimum atomic E-state index is -0.479. The summed E-state index contributed by atoms with van der Waals surface area (Å²) in [6.45, 7) is 6.00. The standard InChI is InChI=1S/C5H4N2O2.C2H4/c8-7(9)5-2-1-3-6-4-5;1-2/h1-4H;1-2H2. The number of aromatic nitrogens is 1. The van der Waals surface area contributed by atoms with Gasteiger partial charge in [-0.2, -0.15) is 0 Å². The molecule has 0 bridgehead atoms. The molecule has 58 valence electrons. The number of hydrogen-bond donors (Lipinski definition) is 0. The Bertz CT molecular complexity index is 223. The first kappa shape index (κ1) is 9.29. The van der Waals surface area contributed by atoms with Crippen molar-refractivity contribution in [1.82, 2.24) is 4.98 Å². The molecule has 0 aromatic carbocycles. The topological polar surface area (TPSA) is 56.0 Å². The highest BCUT2D eigenvalue weighted by atomic mass is 16.6. The molecule has 1 aromatic rings. The van der Waals surface area contributed by atoms with E-state index in [-0.39, 0.29) is 5.69 Å². The molecular formula is C7H8N2O2. The van der Waals surface area contributed by atoms with Crippen molar-refractivity contribution >= 4 is 5.69 Å². The Kier molecular flexibility index (Phi) is 4.31. The lowest BCUT2D eigenvalue weighted by Gasteiger charge is -1.84. The van der Waals surface area contributed by atoms with Crippen LogP contribution in [-0.4, -0.2) is 9.91 Å². The highest BCUT2D eigenvalue weighted by Gasteiger charge is 1.99. The van der Waals surface area contributed by atoms with Crippen LogP contribution in [0.25, 0.3) is 0 Å². The van der Waals surface area contributed by atoms with Crippen LogP contribution in [0.15, 0.2) is 37.7 Å². The van der Waals surface area contributed by atoms with E-state index in [4.69, 9.17) is 0 Å². The van der Waals surface area contributed by atoms with Gasteiger partial charge in [0.2, 0.25) is 0 Å². The Balaban J connectivity index is 0.000000461. The van der Waals surface area contributed by atoms with E-state index in [0.29, 0.717) is 0 Å². The van der Waals surface area contributed by atoms with E-state index in [2.05, 4.69) is 18.1 Å². The summed E-state index contributed by atoms with van der Waals surface area (Å²) in [6, 6.07) is 2.92. The van der Waals surface area contributed by atoms with Crippen molar-refractivity contribution in [2.24, 2.45) is 0 Å². The summed E-state index contributed by atoms with van der Waals surface area (Å²) in [4.78, 5) is 13.1. The molecule has 0 atom stereocenters. The van der Waals surface area contributed by atoms with Gasteiger partial charge < -0.3 is 0 Å². The van der Waals surface area contributed by atoms with E-state index in [1.54, 1.807) is 0 Å². The van der Waals surface area contributed by atoms with Gasteiger partial charge in [-0.15, -0.1) is 13.2 Å². The fourth-order valence-corrected chi connectivity index (χ4v) is 0.462. The van der Waals surface area contributed by atoms with Crippen molar-refractivity contribution in [3.05, 3.63) is 47.8 Å². The van der Waals surface area contributed by atoms with Gasteiger partial charge in [0, 0.05) is 12.3 Å². The number of nitro groups is 1. The molecular weight excluding hydrogens is 144 g/mol. The van der Waals surface area contributed by atoms with Crippen molar-refractivity contribution in [3.8, 4) is 0 Å². The molecule has 0 aliphatic heterocycles. The van der Waals surface area contributed by atoms with E-state index in [9.17, 15) is 10.1 Å². The van der Waals surface area contributed by atoms with Crippen LogP contribution in [0.3, 0.4) is 0 Å². The van der Waals surface area contributed by atoms with Crippen LogP contribution in [0.4, 0.5) is 5.69 Å². The van der Waals surface area contributed by atoms with Gasteiger partial charge in [0.05, 0.1) is 4.92 Å². The molecule has 1 heterocycles. The Labute approximate surface area is 64.4 Å². The molecule has 4 heteroatoms. The second-order valence-corrected chi connectivity index (χ2v) is 1.47. The molecule has 0 fully saturated rings. The zero-order valence-electron chi connectivity index (χ0n) is 5.93. The molecule has 1 aromatic heterocycles. The molecule has 1 rings (SSSR count). The van der Waals surface area contributed by atoms with Crippen LogP contribution in [0.5, 0.6) is 0 Å². The average molecular weight is 152 g/mol. The molecule has 0 N–H and O–H groups in total. The molecule has 0 unspecified atom stereocenters. The molecule has 0 radical (unpaired) electrons. The predicted molar refractivity (Wildman–Crippen MR) is 42.1 cm³/mol. The number of pyridine rings is 1. The van der Waals surface area contributed by atoms with Crippen molar-refractivity contribution in [3.63, 3.8) is 0 Å². The highest BCUT2D eigenvalue weighted by molar-refractivity contribution is 5.23. The van der Waals surface area contributed by atoms with Gasteiger partial charge in [-0.05, 0) is 6.07 Å². The normalized spacial score (nSPS) is 7.64. The molecule has 0 saturated heterocycles. The summed E-state index contributed by atoms with van der Waals surface area (Å²) in [7, 11) is 0. The summed E-state index contributed by atoms with van der Waals surface area (Å²) in [5, 5.41) is 9.97. The summed E-state index contributed by atoms with van der Waals surface area (Å²) >= 11 is 0. The molecule has 0 aliphatic rings. The third-order valence-electron chi connectivity index (χ3n) is 0.857. The summed E-state index contributed by atoms with van der Waals surface area (Å²) in [5.74, 6) is 0. The molecule has 0 spiro atoms. The van der Waals surface area contributed by atoms with Crippen LogP contribution in [0.1, 0.15) is 0 Å². The second kappa shape index (κ2) is 5.10. The Morgan fingerprint density at radius 1 is 1.55 bits per heavy atom. The quantitative estimate of drug-likeness (QED) is 0.350. The maximum atomic E-state index is 9.97. The first-order valence-corrected chi connectivity index (χ1v) is 2.85. The lowest BCUT2D eigenvalue weighted by atomic mass is 10.4. The number of hydrogen-bond acceptors (Lipinski definition) is 3. The van der Waals surface area contributed by atoms with Gasteiger partial charge in [-0.3, -0.25) is 15.1 Å². The van der Waals surface area contributed by atoms with Crippen LogP contribution in [0, 0.1) is 10.1 Å². The van der Waals surface area contributed by atoms with Crippen molar-refractivity contribution in [2.75, 3.05) is 0 Å². The number of nitrogens with zero attached hydrogens (tertiary/aromatic N) is 2. The second-order valence-electron chi connectivity index (χ2n) is 1.47. The smallest absolute Gasteiger partial charge is 0.258 e. The zero-order chi connectivity index (χ0) is 8.69. The van der Waals surface area contributed by atoms with Gasteiger partial charge in [0.15, 0.2) is 0 Å². The van der Waals surface area contributed by atoms with Gasteiger partial charge in [-0.1, -0.05) is 0 Å². The summed E-state index contributed by atoms with van der Waals surface area (Å²) in [6.07, 6.45) is 2.70. The molecule has 0 saturated carbocycles. The third kappa shape index (κ3) is 3.10. The minimum Gasteiger partial charge on any atom is -0.258 e. The highest BCUT2D eigenvalue weighted by Crippen LogP contribution is 2.04. The average Bonchev–Trinajstić information content (AvgIpc) is 2.10. The fraction of sp³-hybridized carbons (Fsp3) is 0. The van der Waals surface area contributed by atoms with Crippen LogP contribution >= 0.6 is 0 Å². The first-order chi connectivity index (χ1) is 5.30. The van der Waals surface area contributed by atoms with Crippen molar-refractivity contribution in [2.45, 2.75) is 0 Å². The van der Waals surface area contributed by atoms with Gasteiger partial charge >= 0.3 is 0 Å². The third-order valence-corrected chi connectivity index (χ3v) is 0.857. The Hall–Kier alpha value is -1.71. The van der Waals surface area contributed by atoms with E-state index in [1.807, 2.05) is 0 Å².